The molecule has 0 fully saturated rings. The number of hydrogen-bond donors (Lipinski definition) is 3. The van der Waals surface area contributed by atoms with Crippen molar-refractivity contribution >= 4 is 11.9 Å². The molecule has 0 heterocycles. The molecule has 0 saturated carbocycles. The van der Waals surface area contributed by atoms with E-state index >= 15 is 0 Å². The van der Waals surface area contributed by atoms with Gasteiger partial charge in [0.2, 0.25) is 5.91 Å². The van der Waals surface area contributed by atoms with Crippen LogP contribution in [0.15, 0.2) is 24.3 Å². The first-order chi connectivity index (χ1) is 36.5. The highest BCUT2D eigenvalue weighted by molar-refractivity contribution is 5.76. The van der Waals surface area contributed by atoms with Crippen LogP contribution in [0.5, 0.6) is 0 Å². The van der Waals surface area contributed by atoms with E-state index in [0.29, 0.717) is 19.4 Å². The van der Waals surface area contributed by atoms with Crippen molar-refractivity contribution in [2.24, 2.45) is 0 Å². The summed E-state index contributed by atoms with van der Waals surface area (Å²) < 4.78 is 5.48. The number of nitrogens with one attached hydrogen (secondary N) is 1. The second-order valence-corrected chi connectivity index (χ2v) is 23.2. The third-order valence-corrected chi connectivity index (χ3v) is 15.7. The van der Waals surface area contributed by atoms with E-state index in [4.69, 9.17) is 4.74 Å². The molecule has 0 spiro atoms. The number of esters is 1. The number of allylic oxidation sites excluding steroid dienone is 3. The molecule has 0 radical (unpaired) electrons. The lowest BCUT2D eigenvalue weighted by molar-refractivity contribution is -0.143. The third-order valence-electron chi connectivity index (χ3n) is 15.7. The minimum absolute atomic E-state index is 0.00627. The highest BCUT2D eigenvalue weighted by Gasteiger charge is 2.18. The fraction of sp³-hybridized carbons (Fsp3) is 0.912. The zero-order valence-corrected chi connectivity index (χ0v) is 50.1. The maximum Gasteiger partial charge on any atom is 0.305 e. The Morgan fingerprint density at radius 2 is 0.635 bits per heavy atom. The molecule has 0 aliphatic carbocycles. The second-order valence-electron chi connectivity index (χ2n) is 23.2. The van der Waals surface area contributed by atoms with Gasteiger partial charge in [-0.1, -0.05) is 327 Å². The quantitative estimate of drug-likeness (QED) is 0.0320. The van der Waals surface area contributed by atoms with Crippen LogP contribution in [-0.4, -0.2) is 47.4 Å². The number of ether oxygens (including phenoxy) is 1. The second kappa shape index (κ2) is 63.9. The first kappa shape index (κ1) is 72.3. The molecule has 6 heteroatoms. The van der Waals surface area contributed by atoms with Crippen LogP contribution in [0.1, 0.15) is 373 Å². The molecule has 6 nitrogen and oxygen atoms in total. The van der Waals surface area contributed by atoms with Gasteiger partial charge >= 0.3 is 5.97 Å². The van der Waals surface area contributed by atoms with Gasteiger partial charge in [0, 0.05) is 12.8 Å². The summed E-state index contributed by atoms with van der Waals surface area (Å²) in [5.41, 5.74) is 0. The highest BCUT2D eigenvalue weighted by atomic mass is 16.5. The lowest BCUT2D eigenvalue weighted by Gasteiger charge is -2.20. The largest absolute Gasteiger partial charge is 0.466 e. The van der Waals surface area contributed by atoms with Crippen molar-refractivity contribution in [3.63, 3.8) is 0 Å². The van der Waals surface area contributed by atoms with Crippen LogP contribution in [0.4, 0.5) is 0 Å². The van der Waals surface area contributed by atoms with Crippen molar-refractivity contribution in [1.82, 2.24) is 5.32 Å². The molecule has 1 amide bonds. The number of aliphatic hydroxyl groups is 2. The molecule has 74 heavy (non-hydrogen) atoms. The van der Waals surface area contributed by atoms with Crippen molar-refractivity contribution in [2.45, 2.75) is 386 Å². The molecule has 0 aliphatic rings. The monoisotopic (exact) mass is 1040 g/mol. The van der Waals surface area contributed by atoms with Crippen molar-refractivity contribution < 1.29 is 24.5 Å². The Balaban J connectivity index is 3.40. The predicted octanol–water partition coefficient (Wildman–Crippen LogP) is 21.4. The molecule has 0 aromatic rings. The average molecular weight is 1040 g/mol. The summed E-state index contributed by atoms with van der Waals surface area (Å²) in [6.45, 7) is 4.92. The van der Waals surface area contributed by atoms with Crippen molar-refractivity contribution in [1.29, 1.82) is 0 Å². The Morgan fingerprint density at radius 1 is 0.365 bits per heavy atom. The summed E-state index contributed by atoms with van der Waals surface area (Å²) in [4.78, 5) is 24.5. The highest BCUT2D eigenvalue weighted by Crippen LogP contribution is 2.18. The Bertz CT molecular complexity index is 1150. The minimum Gasteiger partial charge on any atom is -0.466 e. The SMILES string of the molecule is CCCCCC/C=C\CCCCCCCC(=O)OCCCCCCCCCCCCCCCCCCCCCCCCCCC(=O)NC(CO)C(O)/C=C/CCCCCCCCCCCCCCCCCCCC. The van der Waals surface area contributed by atoms with Crippen LogP contribution < -0.4 is 5.32 Å². The number of aliphatic hydroxyl groups excluding tert-OH is 2. The van der Waals surface area contributed by atoms with Gasteiger partial charge in [-0.05, 0) is 57.8 Å². The molecule has 0 aliphatic heterocycles. The Kier molecular flexibility index (Phi) is 62.4. The number of carbonyl (C=O) groups excluding carboxylic acids is 2. The average Bonchev–Trinajstić information content (AvgIpc) is 3.40. The molecule has 0 aromatic carbocycles. The van der Waals surface area contributed by atoms with Crippen LogP contribution in [0, 0.1) is 0 Å². The van der Waals surface area contributed by atoms with Gasteiger partial charge in [-0.15, -0.1) is 0 Å². The fourth-order valence-corrected chi connectivity index (χ4v) is 10.6. The molecule has 0 aromatic heterocycles. The molecular formula is C68H131NO5. The van der Waals surface area contributed by atoms with Gasteiger partial charge in [0.15, 0.2) is 0 Å². The molecule has 2 atom stereocenters. The number of carbonyl (C=O) groups is 2. The zero-order chi connectivity index (χ0) is 53.6. The Hall–Kier alpha value is -1.66. The normalized spacial score (nSPS) is 12.6. The molecule has 0 rings (SSSR count). The molecular weight excluding hydrogens is 911 g/mol. The van der Waals surface area contributed by atoms with Gasteiger partial charge < -0.3 is 20.3 Å². The summed E-state index contributed by atoms with van der Waals surface area (Å²) in [5.74, 6) is -0.0570. The first-order valence-electron chi connectivity index (χ1n) is 33.6. The van der Waals surface area contributed by atoms with Gasteiger partial charge in [0.25, 0.3) is 0 Å². The van der Waals surface area contributed by atoms with E-state index in [1.54, 1.807) is 6.08 Å². The lowest BCUT2D eigenvalue weighted by Crippen LogP contribution is -2.45. The van der Waals surface area contributed by atoms with E-state index in [2.05, 4.69) is 31.3 Å². The van der Waals surface area contributed by atoms with Crippen LogP contribution in [-0.2, 0) is 14.3 Å². The van der Waals surface area contributed by atoms with Crippen LogP contribution in [0.25, 0.3) is 0 Å². The number of amides is 1. The van der Waals surface area contributed by atoms with E-state index in [-0.39, 0.29) is 18.5 Å². The van der Waals surface area contributed by atoms with Gasteiger partial charge in [0.1, 0.15) is 0 Å². The maximum absolute atomic E-state index is 12.5. The van der Waals surface area contributed by atoms with Crippen molar-refractivity contribution in [2.75, 3.05) is 13.2 Å². The van der Waals surface area contributed by atoms with Crippen LogP contribution in [0.3, 0.4) is 0 Å². The molecule has 2 unspecified atom stereocenters. The Morgan fingerprint density at radius 3 is 0.973 bits per heavy atom. The maximum atomic E-state index is 12.5. The standard InChI is InChI=1S/C68H131NO5/c1-3-5-7-9-11-13-15-17-18-19-20-27-30-33-37-40-44-48-52-56-60-66(71)65(64-70)69-67(72)61-57-53-49-45-41-38-34-31-28-25-23-21-22-24-26-29-32-35-39-43-47-51-55-59-63-74-68(73)62-58-54-50-46-42-36-16-14-12-10-8-6-4-2/h14,16,56,60,65-66,70-71H,3-13,15,17-55,57-59,61-64H2,1-2H3,(H,69,72)/b16-14-,60-56+. The topological polar surface area (TPSA) is 95.9 Å². The third kappa shape index (κ3) is 59.6. The summed E-state index contributed by atoms with van der Waals surface area (Å²) in [6, 6.07) is -0.627. The predicted molar refractivity (Wildman–Crippen MR) is 324 cm³/mol. The number of rotatable bonds is 63. The molecule has 0 saturated heterocycles. The summed E-state index contributed by atoms with van der Waals surface area (Å²) in [5, 5.41) is 23.2. The van der Waals surface area contributed by atoms with Gasteiger partial charge in [-0.25, -0.2) is 0 Å². The van der Waals surface area contributed by atoms with Crippen LogP contribution >= 0.6 is 0 Å². The molecule has 0 bridgehead atoms. The molecule has 3 N–H and O–H groups in total. The molecule has 438 valence electrons. The van der Waals surface area contributed by atoms with Gasteiger partial charge in [-0.2, -0.15) is 0 Å². The van der Waals surface area contributed by atoms with Crippen molar-refractivity contribution in [3.05, 3.63) is 24.3 Å². The number of hydrogen-bond acceptors (Lipinski definition) is 5. The summed E-state index contributed by atoms with van der Waals surface area (Å²) in [6.07, 6.45) is 79.5. The van der Waals surface area contributed by atoms with E-state index in [1.807, 2.05) is 6.08 Å². The lowest BCUT2D eigenvalue weighted by atomic mass is 10.0. The Labute approximate surface area is 462 Å². The van der Waals surface area contributed by atoms with E-state index in [1.165, 1.54) is 302 Å². The van der Waals surface area contributed by atoms with E-state index < -0.39 is 12.1 Å². The van der Waals surface area contributed by atoms with Crippen molar-refractivity contribution in [3.8, 4) is 0 Å². The smallest absolute Gasteiger partial charge is 0.305 e. The fourth-order valence-electron chi connectivity index (χ4n) is 10.6. The number of unbranched alkanes of at least 4 members (excludes halogenated alkanes) is 50. The minimum atomic E-state index is -0.844. The summed E-state index contributed by atoms with van der Waals surface area (Å²) >= 11 is 0. The van der Waals surface area contributed by atoms with E-state index in [0.717, 1.165) is 44.9 Å². The van der Waals surface area contributed by atoms with Crippen LogP contribution in [0.2, 0.25) is 0 Å². The van der Waals surface area contributed by atoms with Gasteiger partial charge in [-0.3, -0.25) is 9.59 Å². The first-order valence-corrected chi connectivity index (χ1v) is 33.6. The van der Waals surface area contributed by atoms with Gasteiger partial charge in [0.05, 0.1) is 25.4 Å². The van der Waals surface area contributed by atoms with E-state index in [9.17, 15) is 19.8 Å². The zero-order valence-electron chi connectivity index (χ0n) is 50.1. The summed E-state index contributed by atoms with van der Waals surface area (Å²) in [7, 11) is 0.